The minimum atomic E-state index is 0.696. The van der Waals surface area contributed by atoms with E-state index in [-0.39, 0.29) is 0 Å². The zero-order chi connectivity index (χ0) is 11.6. The predicted molar refractivity (Wildman–Crippen MR) is 69.6 cm³/mol. The smallest absolute Gasteiger partial charge is 0.0117 e. The Hall–Kier alpha value is -0.0800. The molecule has 2 nitrogen and oxygen atoms in total. The van der Waals surface area contributed by atoms with E-state index in [1.54, 1.807) is 0 Å². The van der Waals surface area contributed by atoms with E-state index in [1.807, 2.05) is 0 Å². The number of hydrogen-bond acceptors (Lipinski definition) is 2. The van der Waals surface area contributed by atoms with E-state index in [4.69, 9.17) is 0 Å². The molecule has 0 amide bonds. The van der Waals surface area contributed by atoms with Gasteiger partial charge in [-0.25, -0.2) is 0 Å². The van der Waals surface area contributed by atoms with Gasteiger partial charge in [-0.1, -0.05) is 20.8 Å². The maximum atomic E-state index is 3.84. The second-order valence-electron chi connectivity index (χ2n) is 6.00. The van der Waals surface area contributed by atoms with E-state index in [2.05, 4.69) is 31.0 Å². The highest BCUT2D eigenvalue weighted by atomic mass is 15.1. The van der Waals surface area contributed by atoms with Crippen LogP contribution in [-0.2, 0) is 0 Å². The Kier molecular flexibility index (Phi) is 3.91. The lowest BCUT2D eigenvalue weighted by Crippen LogP contribution is -2.49. The molecule has 2 unspecified atom stereocenters. The lowest BCUT2D eigenvalue weighted by molar-refractivity contribution is 0.149. The summed E-state index contributed by atoms with van der Waals surface area (Å²) in [5.74, 6) is 0.821. The van der Waals surface area contributed by atoms with Crippen molar-refractivity contribution >= 4 is 0 Å². The van der Waals surface area contributed by atoms with Gasteiger partial charge in [-0.05, 0) is 50.1 Å². The summed E-state index contributed by atoms with van der Waals surface area (Å²) < 4.78 is 0. The van der Waals surface area contributed by atoms with Crippen LogP contribution in [0.4, 0.5) is 0 Å². The summed E-state index contributed by atoms with van der Waals surface area (Å²) in [7, 11) is 0. The van der Waals surface area contributed by atoms with Crippen LogP contribution in [0.2, 0.25) is 0 Å². The highest BCUT2D eigenvalue weighted by molar-refractivity contribution is 4.95. The van der Waals surface area contributed by atoms with E-state index in [9.17, 15) is 0 Å². The molecule has 0 spiro atoms. The summed E-state index contributed by atoms with van der Waals surface area (Å²) in [6, 6.07) is 0.770. The fourth-order valence-corrected chi connectivity index (χ4v) is 3.00. The van der Waals surface area contributed by atoms with Crippen LogP contribution in [0.5, 0.6) is 0 Å². The average Bonchev–Trinajstić information content (AvgIpc) is 3.08. The highest BCUT2D eigenvalue weighted by Crippen LogP contribution is 2.48. The zero-order valence-electron chi connectivity index (χ0n) is 11.3. The van der Waals surface area contributed by atoms with Gasteiger partial charge in [-0.15, -0.1) is 0 Å². The standard InChI is InChI=1S/C14H28N2/c1-4-14(7-8-14)11-15-13-6-9-16(5-2)10-12(13)3/h12-13,15H,4-11H2,1-3H3. The highest BCUT2D eigenvalue weighted by Gasteiger charge is 2.41. The van der Waals surface area contributed by atoms with E-state index >= 15 is 0 Å². The summed E-state index contributed by atoms with van der Waals surface area (Å²) in [6.45, 7) is 12.1. The average molecular weight is 224 g/mol. The van der Waals surface area contributed by atoms with Crippen molar-refractivity contribution in [3.8, 4) is 0 Å². The van der Waals surface area contributed by atoms with Gasteiger partial charge in [-0.2, -0.15) is 0 Å². The van der Waals surface area contributed by atoms with Gasteiger partial charge in [0.15, 0.2) is 0 Å². The molecular weight excluding hydrogens is 196 g/mol. The van der Waals surface area contributed by atoms with Crippen molar-refractivity contribution in [1.82, 2.24) is 10.2 Å². The maximum Gasteiger partial charge on any atom is 0.0117 e. The molecular formula is C14H28N2. The Labute approximate surface area is 101 Å². The molecule has 0 aromatic rings. The van der Waals surface area contributed by atoms with Crippen molar-refractivity contribution in [3.05, 3.63) is 0 Å². The van der Waals surface area contributed by atoms with Crippen molar-refractivity contribution in [2.24, 2.45) is 11.3 Å². The first-order valence-corrected chi connectivity index (χ1v) is 7.15. The molecule has 1 heterocycles. The van der Waals surface area contributed by atoms with E-state index in [1.165, 1.54) is 51.9 Å². The van der Waals surface area contributed by atoms with Crippen molar-refractivity contribution < 1.29 is 0 Å². The Bertz CT molecular complexity index is 223. The SMILES string of the molecule is CCN1CCC(NCC2(CC)CC2)C(C)C1. The summed E-state index contributed by atoms with van der Waals surface area (Å²) >= 11 is 0. The summed E-state index contributed by atoms with van der Waals surface area (Å²) in [4.78, 5) is 2.58. The third-order valence-electron chi connectivity index (χ3n) is 4.88. The number of nitrogens with zero attached hydrogens (tertiary/aromatic N) is 1. The number of hydrogen-bond donors (Lipinski definition) is 1. The van der Waals surface area contributed by atoms with E-state index in [0.717, 1.165) is 12.0 Å². The summed E-state index contributed by atoms with van der Waals surface area (Å²) in [5.41, 5.74) is 0.696. The van der Waals surface area contributed by atoms with Gasteiger partial charge in [0.1, 0.15) is 0 Å². The van der Waals surface area contributed by atoms with Gasteiger partial charge in [0.2, 0.25) is 0 Å². The van der Waals surface area contributed by atoms with Crippen LogP contribution in [0.1, 0.15) is 46.5 Å². The quantitative estimate of drug-likeness (QED) is 0.772. The maximum absolute atomic E-state index is 3.84. The van der Waals surface area contributed by atoms with Gasteiger partial charge in [0, 0.05) is 19.1 Å². The largest absolute Gasteiger partial charge is 0.313 e. The van der Waals surface area contributed by atoms with E-state index in [0.29, 0.717) is 5.41 Å². The van der Waals surface area contributed by atoms with Crippen molar-refractivity contribution in [2.45, 2.75) is 52.5 Å². The van der Waals surface area contributed by atoms with Gasteiger partial charge < -0.3 is 10.2 Å². The van der Waals surface area contributed by atoms with E-state index < -0.39 is 0 Å². The first-order valence-electron chi connectivity index (χ1n) is 7.15. The third kappa shape index (κ3) is 2.78. The second kappa shape index (κ2) is 5.05. The molecule has 2 aliphatic rings. The molecule has 2 fully saturated rings. The van der Waals surface area contributed by atoms with Gasteiger partial charge >= 0.3 is 0 Å². The molecule has 0 radical (unpaired) electrons. The molecule has 2 rings (SSSR count). The molecule has 0 bridgehead atoms. The Morgan fingerprint density at radius 2 is 2.06 bits per heavy atom. The normalized spacial score (nSPS) is 33.9. The predicted octanol–water partition coefficient (Wildman–Crippen LogP) is 2.50. The van der Waals surface area contributed by atoms with Crippen LogP contribution in [0, 0.1) is 11.3 Å². The monoisotopic (exact) mass is 224 g/mol. The lowest BCUT2D eigenvalue weighted by Gasteiger charge is -2.37. The van der Waals surface area contributed by atoms with Crippen LogP contribution >= 0.6 is 0 Å². The van der Waals surface area contributed by atoms with Crippen molar-refractivity contribution in [1.29, 1.82) is 0 Å². The molecule has 16 heavy (non-hydrogen) atoms. The topological polar surface area (TPSA) is 15.3 Å². The minimum Gasteiger partial charge on any atom is -0.313 e. The minimum absolute atomic E-state index is 0.696. The molecule has 2 atom stereocenters. The fraction of sp³-hybridized carbons (Fsp3) is 1.00. The molecule has 0 aromatic heterocycles. The Balaban J connectivity index is 1.74. The first-order chi connectivity index (χ1) is 7.69. The molecule has 2 heteroatoms. The fourth-order valence-electron chi connectivity index (χ4n) is 3.00. The van der Waals surface area contributed by atoms with Crippen LogP contribution in [0.3, 0.4) is 0 Å². The van der Waals surface area contributed by atoms with Crippen LogP contribution in [0.15, 0.2) is 0 Å². The number of likely N-dealkylation sites (tertiary alicyclic amines) is 1. The number of piperidine rings is 1. The molecule has 1 aliphatic carbocycles. The van der Waals surface area contributed by atoms with Crippen LogP contribution in [-0.4, -0.2) is 37.1 Å². The summed E-state index contributed by atoms with van der Waals surface area (Å²) in [6.07, 6.45) is 5.62. The third-order valence-corrected chi connectivity index (χ3v) is 4.88. The van der Waals surface area contributed by atoms with Crippen molar-refractivity contribution in [3.63, 3.8) is 0 Å². The molecule has 1 aliphatic heterocycles. The Morgan fingerprint density at radius 3 is 2.56 bits per heavy atom. The molecule has 1 saturated carbocycles. The molecule has 0 aromatic carbocycles. The second-order valence-corrected chi connectivity index (χ2v) is 6.00. The van der Waals surface area contributed by atoms with Gasteiger partial charge in [0.05, 0.1) is 0 Å². The zero-order valence-corrected chi connectivity index (χ0v) is 11.3. The first kappa shape index (κ1) is 12.4. The molecule has 94 valence electrons. The van der Waals surface area contributed by atoms with Gasteiger partial charge in [0.25, 0.3) is 0 Å². The summed E-state index contributed by atoms with van der Waals surface area (Å²) in [5, 5.41) is 3.84. The van der Waals surface area contributed by atoms with Crippen LogP contribution < -0.4 is 5.32 Å². The number of nitrogens with one attached hydrogen (secondary N) is 1. The molecule has 1 saturated heterocycles. The molecule has 1 N–H and O–H groups in total. The lowest BCUT2D eigenvalue weighted by atomic mass is 9.92. The van der Waals surface area contributed by atoms with Gasteiger partial charge in [-0.3, -0.25) is 0 Å². The number of rotatable bonds is 5. The Morgan fingerprint density at radius 1 is 1.31 bits per heavy atom. The van der Waals surface area contributed by atoms with Crippen LogP contribution in [0.25, 0.3) is 0 Å². The van der Waals surface area contributed by atoms with Crippen molar-refractivity contribution in [2.75, 3.05) is 26.2 Å².